The number of halogens is 2. The lowest BCUT2D eigenvalue weighted by Gasteiger charge is -2.14. The van der Waals surface area contributed by atoms with Crippen molar-refractivity contribution < 1.29 is 9.53 Å². The number of rotatable bonds is 5. The Hall–Kier alpha value is -0.870. The fourth-order valence-electron chi connectivity index (χ4n) is 2.67. The van der Waals surface area contributed by atoms with Crippen LogP contribution in [0, 0.1) is 7.14 Å². The van der Waals surface area contributed by atoms with Gasteiger partial charge < -0.3 is 9.64 Å². The molecule has 126 valence electrons. The summed E-state index contributed by atoms with van der Waals surface area (Å²) >= 11 is 4.61. The molecular formula is C18H18I2N2O2. The van der Waals surface area contributed by atoms with Gasteiger partial charge in [0, 0.05) is 7.05 Å². The zero-order chi connectivity index (χ0) is 17.1. The van der Waals surface area contributed by atoms with Crippen LogP contribution in [0.1, 0.15) is 11.1 Å². The van der Waals surface area contributed by atoms with Crippen molar-refractivity contribution in [3.05, 3.63) is 60.7 Å². The summed E-state index contributed by atoms with van der Waals surface area (Å²) in [6.07, 6.45) is 0.703. The van der Waals surface area contributed by atoms with Crippen molar-refractivity contribution in [2.45, 2.75) is 19.1 Å². The normalized spacial score (nSPS) is 17.4. The van der Waals surface area contributed by atoms with Crippen LogP contribution >= 0.6 is 45.2 Å². The lowest BCUT2D eigenvalue weighted by Crippen LogP contribution is -2.31. The molecule has 0 radical (unpaired) electrons. The summed E-state index contributed by atoms with van der Waals surface area (Å²) in [5, 5.41) is 3.25. The van der Waals surface area contributed by atoms with Crippen molar-refractivity contribution in [1.29, 1.82) is 0 Å². The Labute approximate surface area is 169 Å². The molecule has 4 nitrogen and oxygen atoms in total. The van der Waals surface area contributed by atoms with Gasteiger partial charge in [-0.3, -0.25) is 10.1 Å². The maximum atomic E-state index is 12.0. The highest BCUT2D eigenvalue weighted by Gasteiger charge is 2.28. The molecule has 1 aliphatic rings. The monoisotopic (exact) mass is 548 g/mol. The number of carbonyl (C=O) groups excluding carboxylic acids is 1. The van der Waals surface area contributed by atoms with E-state index >= 15 is 0 Å². The Balaban J connectivity index is 1.70. The van der Waals surface area contributed by atoms with E-state index in [1.54, 1.807) is 4.90 Å². The second kappa shape index (κ2) is 8.01. The number of hydrogen-bond acceptors (Lipinski definition) is 3. The van der Waals surface area contributed by atoms with E-state index in [4.69, 9.17) is 4.74 Å². The van der Waals surface area contributed by atoms with Crippen LogP contribution in [0.15, 0.2) is 42.5 Å². The van der Waals surface area contributed by atoms with Gasteiger partial charge in [-0.25, -0.2) is 0 Å². The molecule has 6 heteroatoms. The van der Waals surface area contributed by atoms with Crippen molar-refractivity contribution in [2.75, 3.05) is 13.7 Å². The summed E-state index contributed by atoms with van der Waals surface area (Å²) in [6, 6.07) is 14.2. The molecule has 1 fully saturated rings. The van der Waals surface area contributed by atoms with E-state index in [0.29, 0.717) is 19.7 Å². The van der Waals surface area contributed by atoms with E-state index in [9.17, 15) is 4.79 Å². The first-order valence-electron chi connectivity index (χ1n) is 7.67. The summed E-state index contributed by atoms with van der Waals surface area (Å²) in [5.74, 6) is 1.07. The van der Waals surface area contributed by atoms with E-state index in [1.165, 1.54) is 0 Å². The van der Waals surface area contributed by atoms with Crippen LogP contribution in [0.3, 0.4) is 0 Å². The standard InChI is InChI=1S/C18H18I2N2O2/c1-22-11-21-16(18(22)23)9-13-7-14(19)17(15(20)8-13)24-10-12-5-3-2-4-6-12/h2-8,16,21H,9-11H2,1H3/t16-/m0/s1. The van der Waals surface area contributed by atoms with Gasteiger partial charge in [0.2, 0.25) is 5.91 Å². The fraction of sp³-hybridized carbons (Fsp3) is 0.278. The van der Waals surface area contributed by atoms with Gasteiger partial charge in [-0.1, -0.05) is 30.3 Å². The lowest BCUT2D eigenvalue weighted by molar-refractivity contribution is -0.127. The molecule has 1 atom stereocenters. The van der Waals surface area contributed by atoms with E-state index in [1.807, 2.05) is 25.2 Å². The maximum absolute atomic E-state index is 12.0. The number of carbonyl (C=O) groups is 1. The molecule has 0 aliphatic carbocycles. The molecule has 0 spiro atoms. The van der Waals surface area contributed by atoms with E-state index in [2.05, 4.69) is 74.8 Å². The minimum atomic E-state index is -0.127. The largest absolute Gasteiger partial charge is 0.487 e. The molecule has 0 saturated carbocycles. The minimum absolute atomic E-state index is 0.127. The molecule has 1 N–H and O–H groups in total. The predicted octanol–water partition coefficient (Wildman–Crippen LogP) is 3.41. The van der Waals surface area contributed by atoms with Crippen LogP contribution in [-0.4, -0.2) is 30.6 Å². The van der Waals surface area contributed by atoms with Gasteiger partial charge in [0.15, 0.2) is 0 Å². The first-order valence-corrected chi connectivity index (χ1v) is 9.83. The van der Waals surface area contributed by atoms with Gasteiger partial charge in [0.1, 0.15) is 12.4 Å². The van der Waals surface area contributed by atoms with Crippen molar-refractivity contribution >= 4 is 51.1 Å². The third-order valence-electron chi connectivity index (χ3n) is 3.97. The van der Waals surface area contributed by atoms with E-state index in [-0.39, 0.29) is 11.9 Å². The van der Waals surface area contributed by atoms with Crippen molar-refractivity contribution in [2.24, 2.45) is 0 Å². The number of hydrogen-bond donors (Lipinski definition) is 1. The smallest absolute Gasteiger partial charge is 0.240 e. The first kappa shape index (κ1) is 17.9. The van der Waals surface area contributed by atoms with Gasteiger partial charge in [-0.05, 0) is 74.9 Å². The second-order valence-corrected chi connectivity index (χ2v) is 8.14. The Bertz CT molecular complexity index is 714. The van der Waals surface area contributed by atoms with Crippen LogP contribution in [-0.2, 0) is 17.8 Å². The topological polar surface area (TPSA) is 41.6 Å². The third-order valence-corrected chi connectivity index (χ3v) is 5.58. The van der Waals surface area contributed by atoms with Crippen molar-refractivity contribution in [1.82, 2.24) is 10.2 Å². The molecule has 24 heavy (non-hydrogen) atoms. The van der Waals surface area contributed by atoms with Gasteiger partial charge in [-0.15, -0.1) is 0 Å². The summed E-state index contributed by atoms with van der Waals surface area (Å²) in [4.78, 5) is 13.8. The molecule has 1 heterocycles. The lowest BCUT2D eigenvalue weighted by atomic mass is 10.1. The summed E-state index contributed by atoms with van der Waals surface area (Å²) in [5.41, 5.74) is 2.30. The highest BCUT2D eigenvalue weighted by atomic mass is 127. The molecule has 1 saturated heterocycles. The third kappa shape index (κ3) is 4.20. The molecule has 0 aromatic heterocycles. The number of benzene rings is 2. The SMILES string of the molecule is CN1CN[C@@H](Cc2cc(I)c(OCc3ccccc3)c(I)c2)C1=O. The van der Waals surface area contributed by atoms with Crippen LogP contribution < -0.4 is 10.1 Å². The number of amides is 1. The average Bonchev–Trinajstić information content (AvgIpc) is 2.87. The molecule has 0 bridgehead atoms. The van der Waals surface area contributed by atoms with Crippen molar-refractivity contribution in [3.63, 3.8) is 0 Å². The highest BCUT2D eigenvalue weighted by molar-refractivity contribution is 14.1. The Morgan fingerprint density at radius 2 is 1.83 bits per heavy atom. The first-order chi connectivity index (χ1) is 11.5. The summed E-state index contributed by atoms with van der Waals surface area (Å²) in [7, 11) is 1.82. The number of likely N-dealkylation sites (N-methyl/N-ethyl adjacent to an activating group) is 1. The molecule has 2 aromatic carbocycles. The molecule has 3 rings (SSSR count). The van der Waals surface area contributed by atoms with Gasteiger partial charge in [-0.2, -0.15) is 0 Å². The van der Waals surface area contributed by atoms with Crippen LogP contribution in [0.25, 0.3) is 0 Å². The fourth-order valence-corrected chi connectivity index (χ4v) is 4.88. The molecule has 1 amide bonds. The quantitative estimate of drug-likeness (QED) is 0.583. The zero-order valence-electron chi connectivity index (χ0n) is 13.3. The van der Waals surface area contributed by atoms with Crippen LogP contribution in [0.2, 0.25) is 0 Å². The van der Waals surface area contributed by atoms with Crippen LogP contribution in [0.5, 0.6) is 5.75 Å². The zero-order valence-corrected chi connectivity index (χ0v) is 17.6. The Morgan fingerprint density at radius 1 is 1.17 bits per heavy atom. The highest BCUT2D eigenvalue weighted by Crippen LogP contribution is 2.30. The van der Waals surface area contributed by atoms with Gasteiger partial charge in [0.05, 0.1) is 19.9 Å². The second-order valence-electron chi connectivity index (χ2n) is 5.82. The average molecular weight is 548 g/mol. The van der Waals surface area contributed by atoms with Gasteiger partial charge >= 0.3 is 0 Å². The van der Waals surface area contributed by atoms with Crippen molar-refractivity contribution in [3.8, 4) is 5.75 Å². The predicted molar refractivity (Wildman–Crippen MR) is 111 cm³/mol. The molecule has 1 aliphatic heterocycles. The van der Waals surface area contributed by atoms with E-state index < -0.39 is 0 Å². The summed E-state index contributed by atoms with van der Waals surface area (Å²) in [6.45, 7) is 1.18. The molecule has 2 aromatic rings. The maximum Gasteiger partial charge on any atom is 0.240 e. The number of nitrogens with zero attached hydrogens (tertiary/aromatic N) is 1. The Kier molecular flexibility index (Phi) is 5.98. The molecule has 0 unspecified atom stereocenters. The number of ether oxygens (including phenoxy) is 1. The minimum Gasteiger partial charge on any atom is -0.487 e. The van der Waals surface area contributed by atoms with E-state index in [0.717, 1.165) is 24.0 Å². The Morgan fingerprint density at radius 3 is 2.42 bits per heavy atom. The summed E-state index contributed by atoms with van der Waals surface area (Å²) < 4.78 is 8.16. The number of nitrogens with one attached hydrogen (secondary N) is 1. The molecular weight excluding hydrogens is 530 g/mol. The van der Waals surface area contributed by atoms with Gasteiger partial charge in [0.25, 0.3) is 0 Å². The van der Waals surface area contributed by atoms with Crippen LogP contribution in [0.4, 0.5) is 0 Å².